The summed E-state index contributed by atoms with van der Waals surface area (Å²) in [6.45, 7) is 3.56. The van der Waals surface area contributed by atoms with Gasteiger partial charge in [0.2, 0.25) is 11.7 Å². The lowest BCUT2D eigenvalue weighted by Gasteiger charge is -2.23. The second-order valence-electron chi connectivity index (χ2n) is 6.81. The molecule has 0 bridgehead atoms. The number of benzene rings is 2. The molecular formula is C20H17BrN4O3. The number of rotatable bonds is 4. The minimum absolute atomic E-state index is 0.0937. The molecule has 28 heavy (non-hydrogen) atoms. The first-order valence-corrected chi connectivity index (χ1v) is 9.46. The van der Waals surface area contributed by atoms with Gasteiger partial charge in [-0.2, -0.15) is 4.98 Å². The third kappa shape index (κ3) is 3.09. The molecule has 2 aromatic carbocycles. The molecule has 0 radical (unpaired) electrons. The van der Waals surface area contributed by atoms with Crippen LogP contribution in [0.3, 0.4) is 0 Å². The Morgan fingerprint density at radius 3 is 2.71 bits per heavy atom. The summed E-state index contributed by atoms with van der Waals surface area (Å²) in [7, 11) is 0. The van der Waals surface area contributed by atoms with Crippen molar-refractivity contribution >= 4 is 27.9 Å². The Kier molecular flexibility index (Phi) is 4.50. The molecule has 1 N–H and O–H groups in total. The van der Waals surface area contributed by atoms with E-state index in [0.717, 1.165) is 20.5 Å². The molecule has 1 unspecified atom stereocenters. The molecule has 1 aliphatic rings. The van der Waals surface area contributed by atoms with E-state index >= 15 is 0 Å². The molecule has 4 rings (SSSR count). The molecule has 3 aromatic rings. The maximum Gasteiger partial charge on any atom is 0.325 e. The van der Waals surface area contributed by atoms with Crippen LogP contribution in [0.15, 0.2) is 57.5 Å². The summed E-state index contributed by atoms with van der Waals surface area (Å²) in [6.07, 6.45) is 0. The van der Waals surface area contributed by atoms with E-state index < -0.39 is 11.6 Å². The summed E-state index contributed by atoms with van der Waals surface area (Å²) in [4.78, 5) is 31.0. The fourth-order valence-corrected chi connectivity index (χ4v) is 3.93. The number of nitrogens with zero attached hydrogens (tertiary/aromatic N) is 3. The molecule has 1 aromatic heterocycles. The van der Waals surface area contributed by atoms with E-state index in [1.54, 1.807) is 13.0 Å². The first-order valence-electron chi connectivity index (χ1n) is 8.67. The van der Waals surface area contributed by atoms with E-state index in [-0.39, 0.29) is 18.3 Å². The second-order valence-corrected chi connectivity index (χ2v) is 7.66. The van der Waals surface area contributed by atoms with Crippen LogP contribution in [0.2, 0.25) is 0 Å². The Morgan fingerprint density at radius 2 is 1.96 bits per heavy atom. The first kappa shape index (κ1) is 18.4. The number of nitrogens with one attached hydrogen (secondary N) is 1. The maximum absolute atomic E-state index is 13.0. The number of aryl methyl sites for hydroxylation is 1. The van der Waals surface area contributed by atoms with Gasteiger partial charge in [0.1, 0.15) is 12.1 Å². The van der Waals surface area contributed by atoms with Crippen molar-refractivity contribution in [3.05, 3.63) is 70.0 Å². The summed E-state index contributed by atoms with van der Waals surface area (Å²) in [5.74, 6) is 0.232. The number of urea groups is 1. The van der Waals surface area contributed by atoms with Gasteiger partial charge >= 0.3 is 6.03 Å². The third-order valence-corrected chi connectivity index (χ3v) is 5.42. The van der Waals surface area contributed by atoms with E-state index in [4.69, 9.17) is 4.52 Å². The molecule has 2 heterocycles. The summed E-state index contributed by atoms with van der Waals surface area (Å²) < 4.78 is 6.01. The monoisotopic (exact) mass is 440 g/mol. The third-order valence-electron chi connectivity index (χ3n) is 4.73. The average molecular weight is 441 g/mol. The van der Waals surface area contributed by atoms with Gasteiger partial charge in [0, 0.05) is 15.6 Å². The smallest absolute Gasteiger partial charge is 0.325 e. The minimum atomic E-state index is -1.17. The summed E-state index contributed by atoms with van der Waals surface area (Å²) in [5.41, 5.74) is 1.39. The Balaban J connectivity index is 1.59. The zero-order valence-electron chi connectivity index (χ0n) is 15.3. The highest BCUT2D eigenvalue weighted by Gasteiger charge is 2.50. The van der Waals surface area contributed by atoms with Crippen molar-refractivity contribution in [1.29, 1.82) is 0 Å². The van der Waals surface area contributed by atoms with Crippen LogP contribution >= 0.6 is 15.9 Å². The quantitative estimate of drug-likeness (QED) is 0.623. The lowest BCUT2D eigenvalue weighted by molar-refractivity contribution is -0.131. The molecule has 0 aliphatic carbocycles. The number of aromatic nitrogens is 2. The van der Waals surface area contributed by atoms with Crippen molar-refractivity contribution in [1.82, 2.24) is 20.4 Å². The maximum atomic E-state index is 13.0. The first-order chi connectivity index (χ1) is 13.4. The number of amides is 3. The molecular weight excluding hydrogens is 424 g/mol. The Labute approximate surface area is 169 Å². The van der Waals surface area contributed by atoms with Gasteiger partial charge < -0.3 is 9.84 Å². The molecule has 0 saturated carbocycles. The highest BCUT2D eigenvalue weighted by molar-refractivity contribution is 9.10. The van der Waals surface area contributed by atoms with Gasteiger partial charge in [-0.05, 0) is 26.0 Å². The van der Waals surface area contributed by atoms with Crippen molar-refractivity contribution in [2.45, 2.75) is 25.9 Å². The van der Waals surface area contributed by atoms with E-state index in [1.165, 1.54) is 0 Å². The highest BCUT2D eigenvalue weighted by Crippen LogP contribution is 2.34. The van der Waals surface area contributed by atoms with Crippen LogP contribution in [0, 0.1) is 6.92 Å². The predicted molar refractivity (Wildman–Crippen MR) is 105 cm³/mol. The summed E-state index contributed by atoms with van der Waals surface area (Å²) in [5, 5.41) is 6.74. The summed E-state index contributed by atoms with van der Waals surface area (Å²) in [6, 6.07) is 14.5. The van der Waals surface area contributed by atoms with E-state index in [1.807, 2.05) is 49.4 Å². The summed E-state index contributed by atoms with van der Waals surface area (Å²) >= 11 is 3.45. The van der Waals surface area contributed by atoms with Gasteiger partial charge in [-0.3, -0.25) is 9.69 Å². The van der Waals surface area contributed by atoms with Crippen LogP contribution in [-0.2, 0) is 16.9 Å². The molecule has 1 atom stereocenters. The van der Waals surface area contributed by atoms with Crippen LogP contribution in [0.25, 0.3) is 11.4 Å². The Bertz CT molecular complexity index is 1080. The number of halogens is 1. The number of hydrogen-bond acceptors (Lipinski definition) is 5. The van der Waals surface area contributed by atoms with Gasteiger partial charge in [0.05, 0.1) is 0 Å². The molecule has 8 heteroatoms. The largest absolute Gasteiger partial charge is 0.337 e. The molecule has 1 saturated heterocycles. The van der Waals surface area contributed by atoms with Crippen LogP contribution in [-0.4, -0.2) is 27.0 Å². The topological polar surface area (TPSA) is 88.3 Å². The normalized spacial score (nSPS) is 19.2. The zero-order valence-corrected chi connectivity index (χ0v) is 16.9. The van der Waals surface area contributed by atoms with Crippen molar-refractivity contribution in [2.24, 2.45) is 0 Å². The minimum Gasteiger partial charge on any atom is -0.337 e. The number of imide groups is 1. The van der Waals surface area contributed by atoms with Gasteiger partial charge in [-0.15, -0.1) is 0 Å². The van der Waals surface area contributed by atoms with Crippen LogP contribution in [0.5, 0.6) is 0 Å². The standard InChI is InChI=1S/C20H17BrN4O3/c1-12-6-5-7-13(10-12)17-22-16(28-24-17)11-25-18(26)20(2,23-19(25)27)14-8-3-4-9-15(14)21/h3-10H,11H2,1-2H3,(H,23,27). The number of hydrogen-bond donors (Lipinski definition) is 1. The lowest BCUT2D eigenvalue weighted by Crippen LogP contribution is -2.41. The van der Waals surface area contributed by atoms with E-state index in [2.05, 4.69) is 31.4 Å². The second kappa shape index (κ2) is 6.87. The Morgan fingerprint density at radius 1 is 1.18 bits per heavy atom. The van der Waals surface area contributed by atoms with E-state index in [9.17, 15) is 9.59 Å². The van der Waals surface area contributed by atoms with Gasteiger partial charge in [-0.25, -0.2) is 4.79 Å². The lowest BCUT2D eigenvalue weighted by atomic mass is 9.92. The highest BCUT2D eigenvalue weighted by atomic mass is 79.9. The molecule has 1 fully saturated rings. The molecule has 7 nitrogen and oxygen atoms in total. The van der Waals surface area contributed by atoms with Crippen LogP contribution < -0.4 is 5.32 Å². The van der Waals surface area contributed by atoms with Crippen molar-refractivity contribution < 1.29 is 14.1 Å². The fraction of sp³-hybridized carbons (Fsp3) is 0.200. The molecule has 3 amide bonds. The molecule has 0 spiro atoms. The van der Waals surface area contributed by atoms with Gasteiger partial charge in [-0.1, -0.05) is 63.0 Å². The van der Waals surface area contributed by atoms with Crippen LogP contribution in [0.1, 0.15) is 23.9 Å². The SMILES string of the molecule is Cc1cccc(-c2noc(CN3C(=O)NC(C)(c4ccccc4Br)C3=O)n2)c1. The van der Waals surface area contributed by atoms with Crippen molar-refractivity contribution in [3.8, 4) is 11.4 Å². The van der Waals surface area contributed by atoms with Crippen molar-refractivity contribution in [3.63, 3.8) is 0 Å². The van der Waals surface area contributed by atoms with Gasteiger partial charge in [0.15, 0.2) is 0 Å². The zero-order chi connectivity index (χ0) is 19.9. The average Bonchev–Trinajstić information content (AvgIpc) is 3.22. The van der Waals surface area contributed by atoms with E-state index in [0.29, 0.717) is 11.4 Å². The Hall–Kier alpha value is -3.00. The van der Waals surface area contributed by atoms with Crippen molar-refractivity contribution in [2.75, 3.05) is 0 Å². The molecule has 142 valence electrons. The number of carbonyl (C=O) groups is 2. The van der Waals surface area contributed by atoms with Gasteiger partial charge in [0.25, 0.3) is 5.91 Å². The van der Waals surface area contributed by atoms with Crippen LogP contribution in [0.4, 0.5) is 4.79 Å². The number of carbonyl (C=O) groups excluding carboxylic acids is 2. The fourth-order valence-electron chi connectivity index (χ4n) is 3.25. The predicted octanol–water partition coefficient (Wildman–Crippen LogP) is 3.77. The molecule has 1 aliphatic heterocycles.